The molecule has 2 heterocycles. The minimum absolute atomic E-state index is 0.0998. The number of amides is 1. The second-order valence-electron chi connectivity index (χ2n) is 3.59. The van der Waals surface area contributed by atoms with E-state index in [2.05, 4.69) is 4.98 Å². The van der Waals surface area contributed by atoms with Crippen molar-refractivity contribution in [3.8, 4) is 0 Å². The average molecular weight is 242 g/mol. The van der Waals surface area contributed by atoms with Gasteiger partial charge in [0.15, 0.2) is 0 Å². The first-order valence-electron chi connectivity index (χ1n) is 4.71. The van der Waals surface area contributed by atoms with Crippen LogP contribution in [0.4, 0.5) is 4.79 Å². The molecule has 0 radical (unpaired) electrons. The van der Waals surface area contributed by atoms with E-state index in [1.807, 2.05) is 0 Å². The van der Waals surface area contributed by atoms with E-state index in [0.717, 1.165) is 9.91 Å². The highest BCUT2D eigenvalue weighted by Crippen LogP contribution is 2.32. The predicted octanol–water partition coefficient (Wildman–Crippen LogP) is 1.06. The van der Waals surface area contributed by atoms with E-state index >= 15 is 0 Å². The minimum atomic E-state index is -1.19. The second-order valence-corrected chi connectivity index (χ2v) is 4.52. The summed E-state index contributed by atoms with van der Waals surface area (Å²) in [7, 11) is 0. The van der Waals surface area contributed by atoms with Crippen LogP contribution >= 0.6 is 11.3 Å². The number of rotatable bonds is 2. The molecule has 2 rings (SSSR count). The number of aromatic nitrogens is 1. The van der Waals surface area contributed by atoms with Crippen molar-refractivity contribution in [3.63, 3.8) is 0 Å². The van der Waals surface area contributed by atoms with Crippen LogP contribution in [0.1, 0.15) is 17.3 Å². The summed E-state index contributed by atoms with van der Waals surface area (Å²) in [5.41, 5.74) is 0. The smallest absolute Gasteiger partial charge is 0.408 e. The number of carboxylic acids is 1. The SMILES string of the molecule is O=C(O)[C@@H]1C[C@@H](c2nccs2)CN1C(=O)O. The Morgan fingerprint density at radius 2 is 2.25 bits per heavy atom. The minimum Gasteiger partial charge on any atom is -0.480 e. The van der Waals surface area contributed by atoms with Gasteiger partial charge in [0.25, 0.3) is 0 Å². The summed E-state index contributed by atoms with van der Waals surface area (Å²) in [6, 6.07) is -0.952. The number of thiazole rings is 1. The van der Waals surface area contributed by atoms with Crippen LogP contribution in [-0.2, 0) is 4.79 Å². The molecule has 1 aromatic rings. The first-order valence-corrected chi connectivity index (χ1v) is 5.59. The maximum absolute atomic E-state index is 10.9. The molecule has 1 aliphatic rings. The van der Waals surface area contributed by atoms with Gasteiger partial charge < -0.3 is 10.2 Å². The third-order valence-corrected chi connectivity index (χ3v) is 3.57. The van der Waals surface area contributed by atoms with Crippen molar-refractivity contribution in [1.29, 1.82) is 0 Å². The van der Waals surface area contributed by atoms with Crippen molar-refractivity contribution < 1.29 is 19.8 Å². The van der Waals surface area contributed by atoms with Crippen LogP contribution in [0, 0.1) is 0 Å². The van der Waals surface area contributed by atoms with Gasteiger partial charge in [-0.05, 0) is 6.42 Å². The maximum atomic E-state index is 10.9. The Morgan fingerprint density at radius 3 is 2.69 bits per heavy atom. The van der Waals surface area contributed by atoms with E-state index in [1.54, 1.807) is 11.6 Å². The molecule has 1 fully saturated rings. The fourth-order valence-electron chi connectivity index (χ4n) is 1.90. The second kappa shape index (κ2) is 4.09. The number of hydrogen-bond donors (Lipinski definition) is 2. The largest absolute Gasteiger partial charge is 0.480 e. The Morgan fingerprint density at radius 1 is 1.50 bits per heavy atom. The van der Waals surface area contributed by atoms with Gasteiger partial charge in [-0.1, -0.05) is 0 Å². The van der Waals surface area contributed by atoms with Gasteiger partial charge in [0.1, 0.15) is 6.04 Å². The molecule has 7 heteroatoms. The molecule has 1 aliphatic heterocycles. The Bertz CT molecular complexity index is 384. The van der Waals surface area contributed by atoms with Gasteiger partial charge >= 0.3 is 12.1 Å². The first kappa shape index (κ1) is 10.9. The van der Waals surface area contributed by atoms with E-state index in [9.17, 15) is 9.59 Å². The van der Waals surface area contributed by atoms with E-state index < -0.39 is 18.1 Å². The van der Waals surface area contributed by atoms with Crippen molar-refractivity contribution in [2.45, 2.75) is 18.4 Å². The standard InChI is InChI=1S/C9H10N2O4S/c12-8(13)6-3-5(4-11(6)9(14)15)7-10-1-2-16-7/h1-2,5-6H,3-4H2,(H,12,13)(H,14,15)/t5-,6+/m1/s1. The normalized spacial score (nSPS) is 24.6. The summed E-state index contributed by atoms with van der Waals surface area (Å²) in [5, 5.41) is 20.4. The molecule has 0 aliphatic carbocycles. The number of aliphatic carboxylic acids is 1. The van der Waals surface area contributed by atoms with E-state index in [1.165, 1.54) is 11.3 Å². The van der Waals surface area contributed by atoms with Gasteiger partial charge in [-0.25, -0.2) is 14.6 Å². The first-order chi connectivity index (χ1) is 7.59. The van der Waals surface area contributed by atoms with E-state index in [-0.39, 0.29) is 12.5 Å². The number of nitrogens with zero attached hydrogens (tertiary/aromatic N) is 2. The molecular formula is C9H10N2O4S. The monoisotopic (exact) mass is 242 g/mol. The van der Waals surface area contributed by atoms with Crippen LogP contribution in [0.15, 0.2) is 11.6 Å². The Hall–Kier alpha value is -1.63. The molecule has 2 atom stereocenters. The summed E-state index contributed by atoms with van der Waals surface area (Å²) < 4.78 is 0. The predicted molar refractivity (Wildman–Crippen MR) is 55.6 cm³/mol. The molecule has 6 nitrogen and oxygen atoms in total. The summed E-state index contributed by atoms with van der Waals surface area (Å²) in [4.78, 5) is 26.8. The molecular weight excluding hydrogens is 232 g/mol. The number of hydrogen-bond acceptors (Lipinski definition) is 4. The molecule has 1 amide bonds. The molecule has 2 N–H and O–H groups in total. The zero-order valence-corrected chi connectivity index (χ0v) is 9.05. The number of carbonyl (C=O) groups is 2. The molecule has 16 heavy (non-hydrogen) atoms. The summed E-state index contributed by atoms with van der Waals surface area (Å²) >= 11 is 1.42. The third-order valence-electron chi connectivity index (χ3n) is 2.63. The molecule has 86 valence electrons. The maximum Gasteiger partial charge on any atom is 0.408 e. The van der Waals surface area contributed by atoms with Crippen molar-refractivity contribution in [2.75, 3.05) is 6.54 Å². The molecule has 0 unspecified atom stereocenters. The van der Waals surface area contributed by atoms with Gasteiger partial charge in [-0.2, -0.15) is 0 Å². The lowest BCUT2D eigenvalue weighted by Gasteiger charge is -2.16. The van der Waals surface area contributed by atoms with Crippen molar-refractivity contribution in [3.05, 3.63) is 16.6 Å². The van der Waals surface area contributed by atoms with Crippen molar-refractivity contribution >= 4 is 23.4 Å². The summed E-state index contributed by atoms with van der Waals surface area (Å²) in [5.74, 6) is -1.20. The van der Waals surface area contributed by atoms with Crippen LogP contribution in [0.3, 0.4) is 0 Å². The number of carboxylic acid groups (broad SMARTS) is 2. The highest BCUT2D eigenvalue weighted by Gasteiger charge is 2.41. The van der Waals surface area contributed by atoms with Crippen LogP contribution in [0.25, 0.3) is 0 Å². The topological polar surface area (TPSA) is 90.7 Å². The Kier molecular flexibility index (Phi) is 2.78. The van der Waals surface area contributed by atoms with E-state index in [0.29, 0.717) is 6.42 Å². The van der Waals surface area contributed by atoms with Gasteiger partial charge in [-0.3, -0.25) is 4.90 Å². The van der Waals surface area contributed by atoms with Gasteiger partial charge in [0.05, 0.1) is 5.01 Å². The quantitative estimate of drug-likeness (QED) is 0.809. The van der Waals surface area contributed by atoms with Gasteiger partial charge in [0.2, 0.25) is 0 Å². The lowest BCUT2D eigenvalue weighted by atomic mass is 10.1. The van der Waals surface area contributed by atoms with Crippen molar-refractivity contribution in [1.82, 2.24) is 9.88 Å². The third kappa shape index (κ3) is 1.85. The van der Waals surface area contributed by atoms with Gasteiger partial charge in [-0.15, -0.1) is 11.3 Å². The average Bonchev–Trinajstić information content (AvgIpc) is 2.86. The zero-order chi connectivity index (χ0) is 11.7. The Labute approximate surface area is 95.1 Å². The Balaban J connectivity index is 2.18. The molecule has 1 saturated heterocycles. The highest BCUT2D eigenvalue weighted by atomic mass is 32.1. The highest BCUT2D eigenvalue weighted by molar-refractivity contribution is 7.09. The fraction of sp³-hybridized carbons (Fsp3) is 0.444. The molecule has 0 spiro atoms. The van der Waals surface area contributed by atoms with Crippen LogP contribution in [0.2, 0.25) is 0 Å². The van der Waals surface area contributed by atoms with Gasteiger partial charge in [0, 0.05) is 24.0 Å². The van der Waals surface area contributed by atoms with Crippen molar-refractivity contribution in [2.24, 2.45) is 0 Å². The molecule has 0 aromatic carbocycles. The fourth-order valence-corrected chi connectivity index (χ4v) is 2.64. The molecule has 0 saturated carbocycles. The molecule has 0 bridgehead atoms. The van der Waals surface area contributed by atoms with Crippen LogP contribution < -0.4 is 0 Å². The van der Waals surface area contributed by atoms with Crippen LogP contribution in [0.5, 0.6) is 0 Å². The van der Waals surface area contributed by atoms with E-state index in [4.69, 9.17) is 10.2 Å². The summed E-state index contributed by atoms with van der Waals surface area (Å²) in [6.45, 7) is 0.208. The summed E-state index contributed by atoms with van der Waals surface area (Å²) in [6.07, 6.45) is 0.750. The molecule has 1 aromatic heterocycles. The van der Waals surface area contributed by atoms with Crippen LogP contribution in [-0.4, -0.2) is 44.7 Å². The lowest BCUT2D eigenvalue weighted by Crippen LogP contribution is -2.39. The lowest BCUT2D eigenvalue weighted by molar-refractivity contribution is -0.141. The number of likely N-dealkylation sites (tertiary alicyclic amines) is 1. The zero-order valence-electron chi connectivity index (χ0n) is 8.24.